The summed E-state index contributed by atoms with van der Waals surface area (Å²) in [5, 5.41) is 6.76. The lowest BCUT2D eigenvalue weighted by molar-refractivity contribution is -0.115. The third-order valence-corrected chi connectivity index (χ3v) is 5.72. The molecule has 2 aromatic heterocycles. The summed E-state index contributed by atoms with van der Waals surface area (Å²) in [4.78, 5) is 29.4. The molecule has 152 valence electrons. The highest BCUT2D eigenvalue weighted by atomic mass is 32.1. The van der Waals surface area contributed by atoms with Crippen LogP contribution >= 0.6 is 11.3 Å². The van der Waals surface area contributed by atoms with Crippen molar-refractivity contribution >= 4 is 57.6 Å². The number of aromatic amines is 1. The number of ether oxygens (including phenoxy) is 1. The summed E-state index contributed by atoms with van der Waals surface area (Å²) < 4.78 is 5.72. The SMILES string of the molecule is O=C(/C=C/c1ccc(/C=C2\Oc3ccccc3NC2=O)s1)Nc1ccc2cc[nH]c2c1. The minimum atomic E-state index is -0.289. The van der Waals surface area contributed by atoms with Crippen molar-refractivity contribution in [1.82, 2.24) is 4.98 Å². The summed E-state index contributed by atoms with van der Waals surface area (Å²) in [6, 6.07) is 18.7. The number of hydrogen-bond acceptors (Lipinski definition) is 4. The molecule has 5 rings (SSSR count). The Kier molecular flexibility index (Phi) is 4.86. The van der Waals surface area contributed by atoms with Gasteiger partial charge >= 0.3 is 0 Å². The molecule has 4 aromatic rings. The van der Waals surface area contributed by atoms with Crippen LogP contribution in [0.15, 0.2) is 78.7 Å². The average Bonchev–Trinajstić information content (AvgIpc) is 3.42. The minimum Gasteiger partial charge on any atom is -0.449 e. The van der Waals surface area contributed by atoms with E-state index in [1.54, 1.807) is 24.3 Å². The Labute approximate surface area is 181 Å². The summed E-state index contributed by atoms with van der Waals surface area (Å²) >= 11 is 1.45. The lowest BCUT2D eigenvalue weighted by Gasteiger charge is -2.19. The highest BCUT2D eigenvalue weighted by Gasteiger charge is 2.21. The molecule has 0 radical (unpaired) electrons. The van der Waals surface area contributed by atoms with E-state index in [-0.39, 0.29) is 17.6 Å². The first-order valence-electron chi connectivity index (χ1n) is 9.60. The molecule has 3 N–H and O–H groups in total. The molecule has 1 aliphatic rings. The van der Waals surface area contributed by atoms with Crippen LogP contribution in [0.3, 0.4) is 0 Å². The average molecular weight is 427 g/mol. The van der Waals surface area contributed by atoms with Gasteiger partial charge in [0.05, 0.1) is 5.69 Å². The molecule has 0 spiro atoms. The van der Waals surface area contributed by atoms with Crippen molar-refractivity contribution in [3.8, 4) is 5.75 Å². The van der Waals surface area contributed by atoms with E-state index in [4.69, 9.17) is 4.74 Å². The zero-order chi connectivity index (χ0) is 21.2. The number of benzene rings is 2. The van der Waals surface area contributed by atoms with Gasteiger partial charge in [-0.05, 0) is 53.9 Å². The molecule has 0 unspecified atom stereocenters. The summed E-state index contributed by atoms with van der Waals surface area (Å²) in [6.45, 7) is 0. The van der Waals surface area contributed by atoms with Crippen molar-refractivity contribution in [2.24, 2.45) is 0 Å². The molecular formula is C24H17N3O3S. The van der Waals surface area contributed by atoms with Gasteiger partial charge in [-0.15, -0.1) is 11.3 Å². The van der Waals surface area contributed by atoms with Crippen molar-refractivity contribution in [1.29, 1.82) is 0 Å². The van der Waals surface area contributed by atoms with Gasteiger partial charge in [0.1, 0.15) is 0 Å². The Morgan fingerprint density at radius 2 is 1.90 bits per heavy atom. The monoisotopic (exact) mass is 427 g/mol. The third kappa shape index (κ3) is 4.12. The lowest BCUT2D eigenvalue weighted by atomic mass is 10.2. The zero-order valence-electron chi connectivity index (χ0n) is 16.2. The van der Waals surface area contributed by atoms with Crippen molar-refractivity contribution < 1.29 is 14.3 Å². The number of fused-ring (bicyclic) bond motifs is 2. The summed E-state index contributed by atoms with van der Waals surface area (Å²) in [5.41, 5.74) is 2.34. The predicted molar refractivity (Wildman–Crippen MR) is 124 cm³/mol. The number of amides is 2. The molecule has 0 bridgehead atoms. The van der Waals surface area contributed by atoms with Gasteiger partial charge in [-0.2, -0.15) is 0 Å². The number of thiophene rings is 1. The van der Waals surface area contributed by atoms with Gasteiger partial charge < -0.3 is 20.4 Å². The largest absolute Gasteiger partial charge is 0.449 e. The fraction of sp³-hybridized carbons (Fsp3) is 0. The normalized spacial score (nSPS) is 14.5. The standard InChI is InChI=1S/C24H17N3O3S/c28-23(26-16-6-5-15-11-12-25-20(15)13-16)10-9-17-7-8-18(31-17)14-22-24(29)27-19-3-1-2-4-21(19)30-22/h1-14,25H,(H,26,28)(H,27,29)/b10-9+,22-14-. The number of H-pyrrole nitrogens is 1. The maximum atomic E-state index is 12.3. The third-order valence-electron chi connectivity index (χ3n) is 4.72. The highest BCUT2D eigenvalue weighted by Crippen LogP contribution is 2.31. The number of carbonyl (C=O) groups is 2. The molecule has 7 heteroatoms. The zero-order valence-corrected chi connectivity index (χ0v) is 17.0. The van der Waals surface area contributed by atoms with Gasteiger partial charge in [-0.1, -0.05) is 18.2 Å². The van der Waals surface area contributed by atoms with Crippen LogP contribution in [0.1, 0.15) is 9.75 Å². The lowest BCUT2D eigenvalue weighted by Crippen LogP contribution is -2.23. The van der Waals surface area contributed by atoms with Crippen LogP contribution in [-0.2, 0) is 9.59 Å². The number of rotatable bonds is 4. The molecule has 0 saturated heterocycles. The van der Waals surface area contributed by atoms with Gasteiger partial charge in [0.25, 0.3) is 5.91 Å². The smallest absolute Gasteiger partial charge is 0.291 e. The fourth-order valence-corrected chi connectivity index (χ4v) is 4.08. The number of nitrogens with one attached hydrogen (secondary N) is 3. The van der Waals surface area contributed by atoms with E-state index in [1.807, 2.05) is 54.7 Å². The first-order valence-corrected chi connectivity index (χ1v) is 10.4. The topological polar surface area (TPSA) is 83.2 Å². The minimum absolute atomic E-state index is 0.217. The summed E-state index contributed by atoms with van der Waals surface area (Å²) in [7, 11) is 0. The second-order valence-corrected chi connectivity index (χ2v) is 8.05. The van der Waals surface area contributed by atoms with E-state index < -0.39 is 0 Å². The van der Waals surface area contributed by atoms with Crippen LogP contribution in [0.25, 0.3) is 23.1 Å². The van der Waals surface area contributed by atoms with Gasteiger partial charge in [-0.25, -0.2) is 0 Å². The van der Waals surface area contributed by atoms with Crippen LogP contribution in [0.4, 0.5) is 11.4 Å². The molecule has 2 amide bonds. The van der Waals surface area contributed by atoms with Crippen LogP contribution in [0.5, 0.6) is 5.75 Å². The fourth-order valence-electron chi connectivity index (χ4n) is 3.23. The molecular weight excluding hydrogens is 410 g/mol. The molecule has 0 fully saturated rings. The van der Waals surface area contributed by atoms with Gasteiger partial charge in [0.15, 0.2) is 11.5 Å². The van der Waals surface area contributed by atoms with Crippen molar-refractivity contribution in [3.05, 3.63) is 88.4 Å². The Balaban J connectivity index is 1.26. The Bertz CT molecular complexity index is 1360. The van der Waals surface area contributed by atoms with Crippen LogP contribution in [-0.4, -0.2) is 16.8 Å². The number of para-hydroxylation sites is 2. The maximum absolute atomic E-state index is 12.3. The Morgan fingerprint density at radius 1 is 1.03 bits per heavy atom. The van der Waals surface area contributed by atoms with E-state index in [0.29, 0.717) is 11.4 Å². The van der Waals surface area contributed by atoms with E-state index in [1.165, 1.54) is 17.4 Å². The van der Waals surface area contributed by atoms with Crippen LogP contribution in [0.2, 0.25) is 0 Å². The van der Waals surface area contributed by atoms with E-state index in [0.717, 1.165) is 26.3 Å². The highest BCUT2D eigenvalue weighted by molar-refractivity contribution is 7.13. The molecule has 2 aromatic carbocycles. The number of carbonyl (C=O) groups excluding carboxylic acids is 2. The van der Waals surface area contributed by atoms with E-state index >= 15 is 0 Å². The molecule has 31 heavy (non-hydrogen) atoms. The van der Waals surface area contributed by atoms with Crippen molar-refractivity contribution in [2.75, 3.05) is 10.6 Å². The van der Waals surface area contributed by atoms with Crippen LogP contribution < -0.4 is 15.4 Å². The molecule has 0 saturated carbocycles. The maximum Gasteiger partial charge on any atom is 0.291 e. The number of anilines is 2. The van der Waals surface area contributed by atoms with Gasteiger partial charge in [-0.3, -0.25) is 9.59 Å². The molecule has 3 heterocycles. The second-order valence-electron chi connectivity index (χ2n) is 6.90. The van der Waals surface area contributed by atoms with Gasteiger partial charge in [0, 0.05) is 39.3 Å². The van der Waals surface area contributed by atoms with E-state index in [2.05, 4.69) is 15.6 Å². The molecule has 0 aliphatic carbocycles. The molecule has 0 atom stereocenters. The quantitative estimate of drug-likeness (QED) is 0.389. The van der Waals surface area contributed by atoms with Gasteiger partial charge in [0.2, 0.25) is 5.91 Å². The van der Waals surface area contributed by atoms with Crippen molar-refractivity contribution in [3.63, 3.8) is 0 Å². The van der Waals surface area contributed by atoms with Crippen molar-refractivity contribution in [2.45, 2.75) is 0 Å². The first-order chi connectivity index (χ1) is 15.1. The molecule has 1 aliphatic heterocycles. The molecule has 6 nitrogen and oxygen atoms in total. The second kappa shape index (κ2) is 7.97. The van der Waals surface area contributed by atoms with Crippen LogP contribution in [0, 0.1) is 0 Å². The summed E-state index contributed by atoms with van der Waals surface area (Å²) in [5.74, 6) is 0.334. The number of aromatic nitrogens is 1. The Morgan fingerprint density at radius 3 is 2.84 bits per heavy atom. The first kappa shape index (κ1) is 18.9. The predicted octanol–water partition coefficient (Wildman–Crippen LogP) is 5.25. The number of hydrogen-bond donors (Lipinski definition) is 3. The van der Waals surface area contributed by atoms with E-state index in [9.17, 15) is 9.59 Å². The summed E-state index contributed by atoms with van der Waals surface area (Å²) in [6.07, 6.45) is 6.79. The Hall–Kier alpha value is -4.10.